The van der Waals surface area contributed by atoms with Crippen LogP contribution < -0.4 is 9.47 Å². The van der Waals surface area contributed by atoms with Gasteiger partial charge in [0, 0.05) is 0 Å². The normalized spacial score (nSPS) is 9.59. The van der Waals surface area contributed by atoms with Gasteiger partial charge in [-0.15, -0.1) is 0 Å². The van der Waals surface area contributed by atoms with Gasteiger partial charge in [-0.3, -0.25) is 0 Å². The van der Waals surface area contributed by atoms with Gasteiger partial charge < -0.3 is 14.6 Å². The van der Waals surface area contributed by atoms with Crippen LogP contribution in [0.1, 0.15) is 24.2 Å². The zero-order chi connectivity index (χ0) is 12.8. The lowest BCUT2D eigenvalue weighted by molar-refractivity contribution is 0.0692. The first-order valence-electron chi connectivity index (χ1n) is 5.22. The van der Waals surface area contributed by atoms with E-state index in [0.717, 1.165) is 5.57 Å². The minimum Gasteiger partial charge on any atom is -0.493 e. The number of para-hydroxylation sites is 1. The highest BCUT2D eigenvalue weighted by Crippen LogP contribution is 2.31. The fourth-order valence-electron chi connectivity index (χ4n) is 1.29. The Morgan fingerprint density at radius 2 is 2.12 bits per heavy atom. The van der Waals surface area contributed by atoms with Crippen molar-refractivity contribution < 1.29 is 19.4 Å². The van der Waals surface area contributed by atoms with E-state index in [1.807, 2.05) is 19.9 Å². The molecule has 0 atom stereocenters. The van der Waals surface area contributed by atoms with Crippen molar-refractivity contribution in [1.29, 1.82) is 0 Å². The van der Waals surface area contributed by atoms with Crippen molar-refractivity contribution in [2.75, 3.05) is 13.7 Å². The van der Waals surface area contributed by atoms with E-state index in [-0.39, 0.29) is 11.3 Å². The van der Waals surface area contributed by atoms with E-state index >= 15 is 0 Å². The molecule has 17 heavy (non-hydrogen) atoms. The van der Waals surface area contributed by atoms with Crippen LogP contribution in [0.3, 0.4) is 0 Å². The van der Waals surface area contributed by atoms with Crippen LogP contribution in [0.4, 0.5) is 0 Å². The number of rotatable bonds is 5. The fourth-order valence-corrected chi connectivity index (χ4v) is 1.29. The molecule has 0 aliphatic heterocycles. The second kappa shape index (κ2) is 5.94. The topological polar surface area (TPSA) is 55.8 Å². The van der Waals surface area contributed by atoms with Gasteiger partial charge in [-0.2, -0.15) is 0 Å². The average Bonchev–Trinajstić information content (AvgIpc) is 2.28. The quantitative estimate of drug-likeness (QED) is 0.799. The number of benzene rings is 1. The zero-order valence-corrected chi connectivity index (χ0v) is 10.2. The number of hydrogen-bond acceptors (Lipinski definition) is 3. The Balaban J connectivity index is 3.01. The summed E-state index contributed by atoms with van der Waals surface area (Å²) < 4.78 is 10.5. The molecule has 1 aromatic rings. The standard InChI is InChI=1S/C13H16O4/c1-9(2)7-8-17-12-10(13(14)15)5-4-6-11(12)16-3/h4-7H,8H2,1-3H3,(H,14,15). The molecule has 0 unspecified atom stereocenters. The van der Waals surface area contributed by atoms with Crippen LogP contribution in [0.5, 0.6) is 11.5 Å². The minimum absolute atomic E-state index is 0.103. The Morgan fingerprint density at radius 3 is 2.65 bits per heavy atom. The van der Waals surface area contributed by atoms with E-state index in [9.17, 15) is 4.79 Å². The first-order chi connectivity index (χ1) is 8.06. The molecule has 4 nitrogen and oxygen atoms in total. The molecule has 1 rings (SSSR count). The summed E-state index contributed by atoms with van der Waals surface area (Å²) >= 11 is 0. The number of methoxy groups -OCH3 is 1. The molecule has 1 aromatic carbocycles. The number of aromatic carboxylic acids is 1. The number of hydrogen-bond donors (Lipinski definition) is 1. The molecule has 0 saturated heterocycles. The van der Waals surface area contributed by atoms with Gasteiger partial charge in [0.15, 0.2) is 11.5 Å². The Bertz CT molecular complexity index is 431. The molecule has 0 aliphatic carbocycles. The summed E-state index contributed by atoms with van der Waals surface area (Å²) in [6, 6.07) is 4.78. The second-order valence-corrected chi connectivity index (χ2v) is 3.73. The Morgan fingerprint density at radius 1 is 1.41 bits per heavy atom. The summed E-state index contributed by atoms with van der Waals surface area (Å²) in [5, 5.41) is 9.04. The summed E-state index contributed by atoms with van der Waals surface area (Å²) in [5.74, 6) is -0.344. The lowest BCUT2D eigenvalue weighted by Crippen LogP contribution is -2.05. The molecule has 0 aromatic heterocycles. The molecule has 0 spiro atoms. The Hall–Kier alpha value is -1.97. The molecule has 92 valence electrons. The molecule has 4 heteroatoms. The SMILES string of the molecule is COc1cccc(C(=O)O)c1OCC=C(C)C. The predicted octanol–water partition coefficient (Wildman–Crippen LogP) is 2.74. The monoisotopic (exact) mass is 236 g/mol. The third-order valence-electron chi connectivity index (χ3n) is 2.15. The van der Waals surface area contributed by atoms with E-state index in [4.69, 9.17) is 14.6 Å². The predicted molar refractivity (Wildman–Crippen MR) is 64.9 cm³/mol. The number of carboxylic acid groups (broad SMARTS) is 1. The zero-order valence-electron chi connectivity index (χ0n) is 10.2. The third kappa shape index (κ3) is 3.52. The van der Waals surface area contributed by atoms with Crippen molar-refractivity contribution in [3.05, 3.63) is 35.4 Å². The van der Waals surface area contributed by atoms with Gasteiger partial charge >= 0.3 is 5.97 Å². The summed E-state index contributed by atoms with van der Waals surface area (Å²) in [6.45, 7) is 4.22. The van der Waals surface area contributed by atoms with Gasteiger partial charge in [0.2, 0.25) is 0 Å². The highest BCUT2D eigenvalue weighted by atomic mass is 16.5. The van der Waals surface area contributed by atoms with E-state index in [0.29, 0.717) is 12.4 Å². The maximum Gasteiger partial charge on any atom is 0.339 e. The van der Waals surface area contributed by atoms with Crippen LogP contribution in [-0.4, -0.2) is 24.8 Å². The van der Waals surface area contributed by atoms with Crippen molar-refractivity contribution >= 4 is 5.97 Å². The first kappa shape index (κ1) is 13.1. The number of ether oxygens (including phenoxy) is 2. The third-order valence-corrected chi connectivity index (χ3v) is 2.15. The molecular weight excluding hydrogens is 220 g/mol. The summed E-state index contributed by atoms with van der Waals surface area (Å²) in [5.41, 5.74) is 1.21. The van der Waals surface area contributed by atoms with Gasteiger partial charge in [-0.1, -0.05) is 11.6 Å². The van der Waals surface area contributed by atoms with Gasteiger partial charge in [-0.25, -0.2) is 4.79 Å². The molecule has 1 N–H and O–H groups in total. The van der Waals surface area contributed by atoms with Crippen LogP contribution in [0.15, 0.2) is 29.8 Å². The summed E-state index contributed by atoms with van der Waals surface area (Å²) in [6.07, 6.45) is 1.87. The lowest BCUT2D eigenvalue weighted by Gasteiger charge is -2.11. The molecule has 0 amide bonds. The summed E-state index contributed by atoms with van der Waals surface area (Å²) in [4.78, 5) is 11.0. The average molecular weight is 236 g/mol. The van der Waals surface area contributed by atoms with Gasteiger partial charge in [0.05, 0.1) is 7.11 Å². The minimum atomic E-state index is -1.03. The van der Waals surface area contributed by atoms with E-state index in [1.165, 1.54) is 13.2 Å². The molecule has 0 aliphatic rings. The largest absolute Gasteiger partial charge is 0.493 e. The van der Waals surface area contributed by atoms with Crippen LogP contribution in [-0.2, 0) is 0 Å². The lowest BCUT2D eigenvalue weighted by atomic mass is 10.2. The van der Waals surface area contributed by atoms with Crippen molar-refractivity contribution in [3.63, 3.8) is 0 Å². The van der Waals surface area contributed by atoms with Crippen LogP contribution >= 0.6 is 0 Å². The van der Waals surface area contributed by atoms with E-state index in [2.05, 4.69) is 0 Å². The number of carboxylic acids is 1. The summed E-state index contributed by atoms with van der Waals surface area (Å²) in [7, 11) is 1.48. The molecule has 0 saturated carbocycles. The molecule has 0 heterocycles. The maximum atomic E-state index is 11.0. The van der Waals surface area contributed by atoms with Gasteiger partial charge in [0.25, 0.3) is 0 Å². The smallest absolute Gasteiger partial charge is 0.339 e. The first-order valence-corrected chi connectivity index (χ1v) is 5.22. The Kier molecular flexibility index (Phi) is 4.57. The van der Waals surface area contributed by atoms with Crippen molar-refractivity contribution in [2.45, 2.75) is 13.8 Å². The Labute approximate surface area is 100 Å². The van der Waals surface area contributed by atoms with Crippen molar-refractivity contribution in [1.82, 2.24) is 0 Å². The van der Waals surface area contributed by atoms with Crippen molar-refractivity contribution in [2.24, 2.45) is 0 Å². The fraction of sp³-hybridized carbons (Fsp3) is 0.308. The van der Waals surface area contributed by atoms with Crippen molar-refractivity contribution in [3.8, 4) is 11.5 Å². The molecule has 0 fully saturated rings. The van der Waals surface area contributed by atoms with E-state index < -0.39 is 5.97 Å². The van der Waals surface area contributed by atoms with Crippen LogP contribution in [0, 0.1) is 0 Å². The molecular formula is C13H16O4. The number of carbonyl (C=O) groups is 1. The molecule has 0 radical (unpaired) electrons. The van der Waals surface area contributed by atoms with Gasteiger partial charge in [0.1, 0.15) is 12.2 Å². The van der Waals surface area contributed by atoms with Crippen LogP contribution in [0.2, 0.25) is 0 Å². The molecule has 0 bridgehead atoms. The highest BCUT2D eigenvalue weighted by molar-refractivity contribution is 5.92. The second-order valence-electron chi connectivity index (χ2n) is 3.73. The van der Waals surface area contributed by atoms with Gasteiger partial charge in [-0.05, 0) is 32.1 Å². The highest BCUT2D eigenvalue weighted by Gasteiger charge is 2.15. The van der Waals surface area contributed by atoms with E-state index in [1.54, 1.807) is 12.1 Å². The number of allylic oxidation sites excluding steroid dienone is 1. The van der Waals surface area contributed by atoms with Crippen LogP contribution in [0.25, 0.3) is 0 Å². The maximum absolute atomic E-state index is 11.0.